The molecule has 0 spiro atoms. The number of anilines is 1. The third-order valence-electron chi connectivity index (χ3n) is 6.40. The van der Waals surface area contributed by atoms with Gasteiger partial charge in [0.05, 0.1) is 6.61 Å². The number of allylic oxidation sites excluding steroid dienone is 1. The molecule has 0 saturated carbocycles. The Bertz CT molecular complexity index is 1480. The van der Waals surface area contributed by atoms with Gasteiger partial charge in [-0.3, -0.25) is 19.5 Å². The summed E-state index contributed by atoms with van der Waals surface area (Å²) in [5.74, 6) is -1.61. The number of thiazole rings is 1. The molecule has 3 atom stereocenters. The first-order valence-corrected chi connectivity index (χ1v) is 15.6. The van der Waals surface area contributed by atoms with Crippen LogP contribution in [0.25, 0.3) is 6.08 Å². The second kappa shape index (κ2) is 14.8. The third kappa shape index (κ3) is 7.93. The van der Waals surface area contributed by atoms with Gasteiger partial charge in [-0.2, -0.15) is 0 Å². The summed E-state index contributed by atoms with van der Waals surface area (Å²) < 4.78 is 15.5. The van der Waals surface area contributed by atoms with Gasteiger partial charge < -0.3 is 30.5 Å². The average Bonchev–Trinajstić information content (AvgIpc) is 3.42. The predicted molar refractivity (Wildman–Crippen MR) is 162 cm³/mol. The summed E-state index contributed by atoms with van der Waals surface area (Å²) in [7, 11) is 0. The highest BCUT2D eigenvalue weighted by Gasteiger charge is 2.54. The molecule has 2 aromatic rings. The van der Waals surface area contributed by atoms with Gasteiger partial charge in [-0.05, 0) is 36.0 Å². The summed E-state index contributed by atoms with van der Waals surface area (Å²) in [5, 5.41) is 15.9. The summed E-state index contributed by atoms with van der Waals surface area (Å²) in [5.41, 5.74) is 6.42. The molecule has 16 heteroatoms. The minimum absolute atomic E-state index is 0.0480. The van der Waals surface area contributed by atoms with Gasteiger partial charge in [0, 0.05) is 30.5 Å². The smallest absolute Gasteiger partial charge is 0.434 e. The highest BCUT2D eigenvalue weighted by Crippen LogP contribution is 2.41. The van der Waals surface area contributed by atoms with E-state index in [1.807, 2.05) is 6.07 Å². The first kappa shape index (κ1) is 32.5. The fourth-order valence-electron chi connectivity index (χ4n) is 4.30. The molecule has 0 radical (unpaired) electrons. The number of β-lactam (4-membered cyclic amide) rings is 1. The van der Waals surface area contributed by atoms with E-state index >= 15 is 0 Å². The Hall–Kier alpha value is -4.44. The zero-order valence-corrected chi connectivity index (χ0v) is 25.8. The molecule has 1 unspecified atom stereocenters. The first-order valence-electron chi connectivity index (χ1n) is 13.6. The van der Waals surface area contributed by atoms with Crippen LogP contribution in [-0.4, -0.2) is 79.8 Å². The van der Waals surface area contributed by atoms with E-state index in [-0.39, 0.29) is 28.9 Å². The van der Waals surface area contributed by atoms with Crippen molar-refractivity contribution in [1.82, 2.24) is 20.2 Å². The number of nitrogens with zero attached hydrogens (tertiary/aromatic N) is 4. The fraction of sp³-hybridized carbons (Fsp3) is 0.393. The van der Waals surface area contributed by atoms with Crippen LogP contribution in [0.1, 0.15) is 44.9 Å². The molecule has 4 heterocycles. The van der Waals surface area contributed by atoms with Crippen LogP contribution in [0.4, 0.5) is 9.93 Å². The molecule has 2 aromatic heterocycles. The van der Waals surface area contributed by atoms with E-state index in [2.05, 4.69) is 34.3 Å². The lowest BCUT2D eigenvalue weighted by molar-refractivity contribution is -0.169. The number of ether oxygens (including phenoxy) is 3. The average molecular weight is 645 g/mol. The van der Waals surface area contributed by atoms with Crippen LogP contribution in [0, 0.1) is 5.92 Å². The number of hydrogen-bond donors (Lipinski definition) is 3. The molecule has 2 aliphatic rings. The van der Waals surface area contributed by atoms with Crippen LogP contribution in [0.15, 0.2) is 52.4 Å². The Morgan fingerprint density at radius 1 is 1.27 bits per heavy atom. The lowest BCUT2D eigenvalue weighted by Gasteiger charge is -2.49. The topological polar surface area (TPSA) is 196 Å². The normalized spacial score (nSPS) is 19.0. The molecule has 44 heavy (non-hydrogen) atoms. The highest BCUT2D eigenvalue weighted by molar-refractivity contribution is 8.00. The number of carbonyl (C=O) groups excluding carboxylic acids is 4. The molecule has 0 aromatic carbocycles. The molecule has 4 N–H and O–H groups in total. The van der Waals surface area contributed by atoms with Crippen molar-refractivity contribution >= 4 is 64.0 Å². The van der Waals surface area contributed by atoms with Gasteiger partial charge in [-0.1, -0.05) is 37.2 Å². The number of thioether (sulfide) groups is 1. The Morgan fingerprint density at radius 2 is 2.07 bits per heavy atom. The number of fused-ring (bicyclic) bond motifs is 1. The standard InChI is InChI=1S/C28H32N6O8S2/c1-15(2)6-5-11-40-28(38)42-16(3)41-26(37)22-18(9-8-17-7-4-10-30-12-17)13-43-25-21(24(36)34(22)25)32-23(35)20(33-39)19-14-44-27(29)31-19/h4,7-10,12,14-16,21,25,39H,5-6,11,13H2,1-3H3,(H2,29,31)(H,32,35)/b9-8-,33-20?/t16?,21-,25+/m1/s1. The molecule has 1 fully saturated rings. The molecule has 2 aliphatic heterocycles. The van der Waals surface area contributed by atoms with Crippen molar-refractivity contribution in [3.05, 3.63) is 58.5 Å². The minimum Gasteiger partial charge on any atom is -0.434 e. The Balaban J connectivity index is 1.48. The van der Waals surface area contributed by atoms with Crippen molar-refractivity contribution in [1.29, 1.82) is 0 Å². The number of esters is 1. The van der Waals surface area contributed by atoms with Crippen LogP contribution in [0.2, 0.25) is 0 Å². The molecule has 14 nitrogen and oxygen atoms in total. The summed E-state index contributed by atoms with van der Waals surface area (Å²) >= 11 is 2.36. The molecular weight excluding hydrogens is 612 g/mol. The van der Waals surface area contributed by atoms with Crippen molar-refractivity contribution in [2.45, 2.75) is 51.3 Å². The monoisotopic (exact) mass is 644 g/mol. The number of oxime groups is 1. The predicted octanol–water partition coefficient (Wildman–Crippen LogP) is 3.14. The third-order valence-corrected chi connectivity index (χ3v) is 8.38. The number of rotatable bonds is 12. The van der Waals surface area contributed by atoms with Crippen LogP contribution in [0.5, 0.6) is 0 Å². The van der Waals surface area contributed by atoms with Gasteiger partial charge in [-0.25, -0.2) is 14.6 Å². The summed E-state index contributed by atoms with van der Waals surface area (Å²) in [4.78, 5) is 61.0. The Labute approximate surface area is 261 Å². The van der Waals surface area contributed by atoms with E-state index in [4.69, 9.17) is 19.9 Å². The van der Waals surface area contributed by atoms with Crippen LogP contribution >= 0.6 is 23.1 Å². The van der Waals surface area contributed by atoms with E-state index in [1.54, 1.807) is 30.6 Å². The number of nitrogens with one attached hydrogen (secondary N) is 1. The van der Waals surface area contributed by atoms with E-state index < -0.39 is 47.4 Å². The first-order chi connectivity index (χ1) is 21.1. The number of nitrogens with two attached hydrogens (primary N) is 1. The lowest BCUT2D eigenvalue weighted by Crippen LogP contribution is -2.71. The van der Waals surface area contributed by atoms with E-state index in [1.165, 1.54) is 29.0 Å². The maximum Gasteiger partial charge on any atom is 0.511 e. The van der Waals surface area contributed by atoms with Crippen molar-refractivity contribution in [3.8, 4) is 0 Å². The number of hydrogen-bond acceptors (Lipinski definition) is 14. The van der Waals surface area contributed by atoms with Crippen LogP contribution in [0.3, 0.4) is 0 Å². The largest absolute Gasteiger partial charge is 0.511 e. The van der Waals surface area contributed by atoms with E-state index in [0.717, 1.165) is 23.3 Å². The highest BCUT2D eigenvalue weighted by atomic mass is 32.2. The lowest BCUT2D eigenvalue weighted by atomic mass is 10.0. The minimum atomic E-state index is -1.31. The van der Waals surface area contributed by atoms with Gasteiger partial charge in [0.25, 0.3) is 11.8 Å². The number of carbonyl (C=O) groups is 4. The Kier molecular flexibility index (Phi) is 10.9. The number of aromatic nitrogens is 2. The summed E-state index contributed by atoms with van der Waals surface area (Å²) in [6.45, 7) is 5.64. The molecule has 234 valence electrons. The zero-order valence-electron chi connectivity index (χ0n) is 24.2. The van der Waals surface area contributed by atoms with Crippen LogP contribution in [-0.2, 0) is 28.6 Å². The van der Waals surface area contributed by atoms with Gasteiger partial charge in [0.1, 0.15) is 22.8 Å². The number of amides is 2. The molecule has 1 saturated heterocycles. The van der Waals surface area contributed by atoms with Crippen LogP contribution < -0.4 is 11.1 Å². The quantitative estimate of drug-likeness (QED) is 0.0582. The molecular formula is C28H32N6O8S2. The van der Waals surface area contributed by atoms with Gasteiger partial charge >= 0.3 is 12.1 Å². The van der Waals surface area contributed by atoms with Crippen molar-refractivity contribution in [3.63, 3.8) is 0 Å². The second-order valence-corrected chi connectivity index (χ2v) is 12.1. The SMILES string of the molecule is CC(C)CCCOC(=O)OC(C)OC(=O)C1=C(/C=C\c2cccnc2)CS[C@H]2[C@H](NC(=O)C(=NO)c3csc(N)n3)C(=O)N12. The molecule has 0 bridgehead atoms. The maximum absolute atomic E-state index is 13.4. The Morgan fingerprint density at radius 3 is 2.73 bits per heavy atom. The second-order valence-electron chi connectivity index (χ2n) is 10.1. The van der Waals surface area contributed by atoms with Crippen molar-refractivity contribution < 1.29 is 38.6 Å². The molecule has 0 aliphatic carbocycles. The van der Waals surface area contributed by atoms with Crippen molar-refractivity contribution in [2.24, 2.45) is 11.1 Å². The van der Waals surface area contributed by atoms with Gasteiger partial charge in [0.15, 0.2) is 10.8 Å². The van der Waals surface area contributed by atoms with Crippen molar-refractivity contribution in [2.75, 3.05) is 18.1 Å². The maximum atomic E-state index is 13.4. The fourth-order valence-corrected chi connectivity index (χ4v) is 6.16. The number of nitrogen functional groups attached to an aromatic ring is 1. The van der Waals surface area contributed by atoms with E-state index in [0.29, 0.717) is 17.9 Å². The summed E-state index contributed by atoms with van der Waals surface area (Å²) in [6.07, 6.45) is 5.91. The number of pyridine rings is 1. The molecule has 2 amide bonds. The zero-order chi connectivity index (χ0) is 31.8. The summed E-state index contributed by atoms with van der Waals surface area (Å²) in [6, 6.07) is 2.54. The molecule has 4 rings (SSSR count). The van der Waals surface area contributed by atoms with Gasteiger partial charge in [-0.15, -0.1) is 23.1 Å². The van der Waals surface area contributed by atoms with Gasteiger partial charge in [0.2, 0.25) is 6.29 Å². The van der Waals surface area contributed by atoms with E-state index in [9.17, 15) is 24.4 Å².